The van der Waals surface area contributed by atoms with E-state index in [0.717, 1.165) is 29.7 Å². The molecular formula is C22H22N2O2S. The second kappa shape index (κ2) is 8.64. The standard InChI is InChI=1S/C22H22N2O2S/c1-2-6-18-11-14-22(15-12-18)27(25,26)24-21-9-5-7-19(17-21)10-13-20-8-3-4-16-23-20/h3-5,7-17,24H,2,6H2,1H3/b13-10+. The van der Waals surface area contributed by atoms with Crippen molar-refractivity contribution in [2.45, 2.75) is 24.7 Å². The maximum absolute atomic E-state index is 12.6. The molecule has 0 saturated carbocycles. The van der Waals surface area contributed by atoms with Gasteiger partial charge in [0.1, 0.15) is 0 Å². The highest BCUT2D eigenvalue weighted by molar-refractivity contribution is 7.92. The Morgan fingerprint density at radius 3 is 2.48 bits per heavy atom. The van der Waals surface area contributed by atoms with Gasteiger partial charge < -0.3 is 0 Å². The Balaban J connectivity index is 1.75. The predicted molar refractivity (Wildman–Crippen MR) is 111 cm³/mol. The summed E-state index contributed by atoms with van der Waals surface area (Å²) in [6.07, 6.45) is 7.50. The summed E-state index contributed by atoms with van der Waals surface area (Å²) in [7, 11) is -3.62. The Kier molecular flexibility index (Phi) is 6.04. The van der Waals surface area contributed by atoms with Crippen molar-refractivity contribution in [3.05, 3.63) is 89.7 Å². The first kappa shape index (κ1) is 18.9. The second-order valence-electron chi connectivity index (χ2n) is 6.21. The third-order valence-corrected chi connectivity index (χ3v) is 5.44. The minimum absolute atomic E-state index is 0.261. The lowest BCUT2D eigenvalue weighted by Gasteiger charge is -2.09. The average molecular weight is 378 g/mol. The summed E-state index contributed by atoms with van der Waals surface area (Å²) in [6, 6.07) is 20.0. The number of sulfonamides is 1. The number of rotatable bonds is 7. The Labute approximate surface area is 160 Å². The van der Waals surface area contributed by atoms with Crippen LogP contribution in [0.15, 0.2) is 77.8 Å². The van der Waals surface area contributed by atoms with Crippen molar-refractivity contribution < 1.29 is 8.42 Å². The first-order valence-electron chi connectivity index (χ1n) is 8.88. The molecule has 27 heavy (non-hydrogen) atoms. The molecule has 0 aliphatic carbocycles. The number of pyridine rings is 1. The monoisotopic (exact) mass is 378 g/mol. The fourth-order valence-electron chi connectivity index (χ4n) is 2.70. The fraction of sp³-hybridized carbons (Fsp3) is 0.136. The summed E-state index contributed by atoms with van der Waals surface area (Å²) in [4.78, 5) is 4.50. The van der Waals surface area contributed by atoms with Crippen molar-refractivity contribution in [3.63, 3.8) is 0 Å². The molecule has 1 aromatic heterocycles. The van der Waals surface area contributed by atoms with Gasteiger partial charge in [-0.25, -0.2) is 8.42 Å². The van der Waals surface area contributed by atoms with E-state index in [1.54, 1.807) is 30.5 Å². The Bertz CT molecular complexity index is 1010. The molecule has 3 aromatic rings. The van der Waals surface area contributed by atoms with E-state index in [9.17, 15) is 8.42 Å². The summed E-state index contributed by atoms with van der Waals surface area (Å²) in [5.74, 6) is 0. The van der Waals surface area contributed by atoms with E-state index in [1.165, 1.54) is 0 Å². The molecule has 3 rings (SSSR count). The number of benzene rings is 2. The lowest BCUT2D eigenvalue weighted by Crippen LogP contribution is -2.13. The number of aromatic nitrogens is 1. The molecule has 0 unspecified atom stereocenters. The van der Waals surface area contributed by atoms with Crippen molar-refractivity contribution in [3.8, 4) is 0 Å². The Morgan fingerprint density at radius 2 is 1.78 bits per heavy atom. The van der Waals surface area contributed by atoms with Crippen LogP contribution in [0.25, 0.3) is 12.2 Å². The summed E-state index contributed by atoms with van der Waals surface area (Å²) in [5.41, 5.74) is 3.39. The molecule has 0 amide bonds. The van der Waals surface area contributed by atoms with Crippen LogP contribution in [0.1, 0.15) is 30.2 Å². The van der Waals surface area contributed by atoms with Gasteiger partial charge in [0.05, 0.1) is 10.6 Å². The van der Waals surface area contributed by atoms with Gasteiger partial charge in [0.25, 0.3) is 10.0 Å². The van der Waals surface area contributed by atoms with Crippen LogP contribution in [0.4, 0.5) is 5.69 Å². The second-order valence-corrected chi connectivity index (χ2v) is 7.90. The maximum atomic E-state index is 12.6. The van der Waals surface area contributed by atoms with Crippen molar-refractivity contribution in [1.82, 2.24) is 4.98 Å². The predicted octanol–water partition coefficient (Wildman–Crippen LogP) is 5.01. The Morgan fingerprint density at radius 1 is 0.963 bits per heavy atom. The van der Waals surface area contributed by atoms with Gasteiger partial charge in [-0.1, -0.05) is 49.8 Å². The van der Waals surface area contributed by atoms with E-state index >= 15 is 0 Å². The van der Waals surface area contributed by atoms with Crippen molar-refractivity contribution in [2.24, 2.45) is 0 Å². The van der Waals surface area contributed by atoms with Gasteiger partial charge in [-0.05, 0) is 60.0 Å². The van der Waals surface area contributed by atoms with E-state index in [2.05, 4.69) is 16.6 Å². The van der Waals surface area contributed by atoms with E-state index < -0.39 is 10.0 Å². The smallest absolute Gasteiger partial charge is 0.261 e. The molecule has 138 valence electrons. The van der Waals surface area contributed by atoms with E-state index in [4.69, 9.17) is 0 Å². The van der Waals surface area contributed by atoms with Crippen molar-refractivity contribution in [2.75, 3.05) is 4.72 Å². The van der Waals surface area contributed by atoms with Crippen molar-refractivity contribution in [1.29, 1.82) is 0 Å². The number of hydrogen-bond acceptors (Lipinski definition) is 3. The number of nitrogens with one attached hydrogen (secondary N) is 1. The van der Waals surface area contributed by atoms with E-state index in [1.807, 2.05) is 54.6 Å². The van der Waals surface area contributed by atoms with Crippen molar-refractivity contribution >= 4 is 27.9 Å². The largest absolute Gasteiger partial charge is 0.280 e. The zero-order valence-corrected chi connectivity index (χ0v) is 16.0. The molecule has 4 nitrogen and oxygen atoms in total. The number of aryl methyl sites for hydroxylation is 1. The molecule has 0 fully saturated rings. The molecular weight excluding hydrogens is 356 g/mol. The lowest BCUT2D eigenvalue weighted by atomic mass is 10.1. The minimum Gasteiger partial charge on any atom is -0.280 e. The van der Waals surface area contributed by atoms with Crippen LogP contribution >= 0.6 is 0 Å². The lowest BCUT2D eigenvalue weighted by molar-refractivity contribution is 0.601. The quantitative estimate of drug-likeness (QED) is 0.629. The first-order chi connectivity index (χ1) is 13.1. The summed E-state index contributed by atoms with van der Waals surface area (Å²) >= 11 is 0. The van der Waals surface area contributed by atoms with Crippen LogP contribution in [-0.2, 0) is 16.4 Å². The van der Waals surface area contributed by atoms with Gasteiger partial charge in [0.15, 0.2) is 0 Å². The molecule has 2 aromatic carbocycles. The van der Waals surface area contributed by atoms with Crippen LogP contribution in [0, 0.1) is 0 Å². The molecule has 1 heterocycles. The third kappa shape index (κ3) is 5.28. The molecule has 5 heteroatoms. The van der Waals surface area contributed by atoms with Crippen LogP contribution in [0.2, 0.25) is 0 Å². The first-order valence-corrected chi connectivity index (χ1v) is 10.4. The number of hydrogen-bond donors (Lipinski definition) is 1. The SMILES string of the molecule is CCCc1ccc(S(=O)(=O)Nc2cccc(/C=C/c3ccccn3)c2)cc1. The Hall–Kier alpha value is -2.92. The minimum atomic E-state index is -3.62. The number of nitrogens with zero attached hydrogens (tertiary/aromatic N) is 1. The van der Waals surface area contributed by atoms with Crippen LogP contribution in [0.5, 0.6) is 0 Å². The fourth-order valence-corrected chi connectivity index (χ4v) is 3.75. The zero-order valence-electron chi connectivity index (χ0n) is 15.2. The van der Waals surface area contributed by atoms with Gasteiger partial charge in [-0.2, -0.15) is 0 Å². The highest BCUT2D eigenvalue weighted by atomic mass is 32.2. The summed E-state index contributed by atoms with van der Waals surface area (Å²) in [6.45, 7) is 2.10. The highest BCUT2D eigenvalue weighted by Gasteiger charge is 2.14. The third-order valence-electron chi connectivity index (χ3n) is 4.05. The molecule has 0 aliphatic heterocycles. The molecule has 0 saturated heterocycles. The van der Waals surface area contributed by atoms with Gasteiger partial charge >= 0.3 is 0 Å². The van der Waals surface area contributed by atoms with Gasteiger partial charge in [-0.15, -0.1) is 0 Å². The topological polar surface area (TPSA) is 59.1 Å². The average Bonchev–Trinajstić information content (AvgIpc) is 2.68. The van der Waals surface area contributed by atoms with Crippen LogP contribution < -0.4 is 4.72 Å². The van der Waals surface area contributed by atoms with Gasteiger partial charge in [-0.3, -0.25) is 9.71 Å². The molecule has 0 bridgehead atoms. The molecule has 0 spiro atoms. The summed E-state index contributed by atoms with van der Waals surface area (Å²) in [5, 5.41) is 0. The zero-order chi connectivity index (χ0) is 19.1. The molecule has 0 atom stereocenters. The van der Waals surface area contributed by atoms with E-state index in [-0.39, 0.29) is 4.90 Å². The molecule has 0 radical (unpaired) electrons. The molecule has 1 N–H and O–H groups in total. The van der Waals surface area contributed by atoms with Crippen LogP contribution in [0.3, 0.4) is 0 Å². The number of anilines is 1. The van der Waals surface area contributed by atoms with Crippen LogP contribution in [-0.4, -0.2) is 13.4 Å². The van der Waals surface area contributed by atoms with E-state index in [0.29, 0.717) is 5.69 Å². The maximum Gasteiger partial charge on any atom is 0.261 e. The highest BCUT2D eigenvalue weighted by Crippen LogP contribution is 2.19. The normalized spacial score (nSPS) is 11.6. The van der Waals surface area contributed by atoms with Gasteiger partial charge in [0, 0.05) is 11.9 Å². The molecule has 0 aliphatic rings. The summed E-state index contributed by atoms with van der Waals surface area (Å²) < 4.78 is 27.9. The van der Waals surface area contributed by atoms with Gasteiger partial charge in [0.2, 0.25) is 0 Å².